The number of amides is 1. The topological polar surface area (TPSA) is 46.3 Å². The number of hydrogen-bond donors (Lipinski definition) is 1. The molecule has 0 radical (unpaired) electrons. The van der Waals surface area contributed by atoms with Crippen LogP contribution in [0.1, 0.15) is 44.2 Å². The second-order valence-electron chi connectivity index (χ2n) is 6.36. The molecule has 4 heteroatoms. The zero-order valence-electron chi connectivity index (χ0n) is 12.3. The van der Waals surface area contributed by atoms with Crippen LogP contribution in [0.15, 0.2) is 18.2 Å². The smallest absolute Gasteiger partial charge is 0.222 e. The molecule has 0 aromatic heterocycles. The molecule has 3 nitrogen and oxygen atoms in total. The van der Waals surface area contributed by atoms with Crippen molar-refractivity contribution in [1.82, 2.24) is 4.90 Å². The van der Waals surface area contributed by atoms with E-state index < -0.39 is 0 Å². The van der Waals surface area contributed by atoms with Crippen molar-refractivity contribution in [2.24, 2.45) is 11.1 Å². The van der Waals surface area contributed by atoms with Gasteiger partial charge >= 0.3 is 0 Å². The monoisotopic (exact) mass is 278 g/mol. The highest BCUT2D eigenvalue weighted by Gasteiger charge is 2.27. The van der Waals surface area contributed by atoms with Crippen LogP contribution in [0.25, 0.3) is 0 Å². The highest BCUT2D eigenvalue weighted by Crippen LogP contribution is 2.30. The Morgan fingerprint density at radius 2 is 2.10 bits per heavy atom. The predicted molar refractivity (Wildman–Crippen MR) is 77.3 cm³/mol. The van der Waals surface area contributed by atoms with E-state index in [4.69, 9.17) is 5.73 Å². The number of halogens is 1. The summed E-state index contributed by atoms with van der Waals surface area (Å²) in [6, 6.07) is 4.93. The fourth-order valence-corrected chi connectivity index (χ4v) is 2.56. The lowest BCUT2D eigenvalue weighted by atomic mass is 9.85. The molecule has 1 aliphatic rings. The average molecular weight is 278 g/mol. The van der Waals surface area contributed by atoms with Gasteiger partial charge in [0.15, 0.2) is 0 Å². The largest absolute Gasteiger partial charge is 0.338 e. The van der Waals surface area contributed by atoms with Crippen molar-refractivity contribution in [3.05, 3.63) is 35.1 Å². The van der Waals surface area contributed by atoms with Crippen LogP contribution in [-0.4, -0.2) is 17.4 Å². The molecule has 2 N–H and O–H groups in total. The molecule has 1 heterocycles. The van der Waals surface area contributed by atoms with Gasteiger partial charge in [0, 0.05) is 31.6 Å². The van der Waals surface area contributed by atoms with Gasteiger partial charge < -0.3 is 10.6 Å². The first-order chi connectivity index (χ1) is 9.41. The van der Waals surface area contributed by atoms with Crippen LogP contribution in [0.4, 0.5) is 4.39 Å². The first-order valence-electron chi connectivity index (χ1n) is 7.16. The Bertz CT molecular complexity index is 499. The Morgan fingerprint density at radius 3 is 2.80 bits per heavy atom. The molecule has 2 rings (SSSR count). The zero-order chi connectivity index (χ0) is 14.8. The SMILES string of the molecule is CC1(C)CCC(=O)N(Cc2ccc(F)c(CN)c2)CC1. The van der Waals surface area contributed by atoms with Crippen molar-refractivity contribution >= 4 is 5.91 Å². The fourth-order valence-electron chi connectivity index (χ4n) is 2.56. The number of rotatable bonds is 3. The molecule has 0 aliphatic carbocycles. The third-order valence-corrected chi connectivity index (χ3v) is 4.13. The molecular formula is C16H23FN2O. The van der Waals surface area contributed by atoms with Gasteiger partial charge in [0.25, 0.3) is 0 Å². The summed E-state index contributed by atoms with van der Waals surface area (Å²) in [6.45, 7) is 5.90. The molecule has 0 spiro atoms. The Balaban J connectivity index is 2.10. The normalized spacial score (nSPS) is 19.0. The number of benzene rings is 1. The molecule has 0 bridgehead atoms. The second kappa shape index (κ2) is 5.92. The summed E-state index contributed by atoms with van der Waals surface area (Å²) in [5, 5.41) is 0. The summed E-state index contributed by atoms with van der Waals surface area (Å²) in [7, 11) is 0. The Kier molecular flexibility index (Phi) is 4.43. The number of carbonyl (C=O) groups excluding carboxylic acids is 1. The molecule has 1 saturated heterocycles. The summed E-state index contributed by atoms with van der Waals surface area (Å²) in [6.07, 6.45) is 2.53. The molecule has 20 heavy (non-hydrogen) atoms. The van der Waals surface area contributed by atoms with E-state index in [1.165, 1.54) is 6.07 Å². The van der Waals surface area contributed by atoms with Gasteiger partial charge in [-0.25, -0.2) is 4.39 Å². The van der Waals surface area contributed by atoms with Gasteiger partial charge in [-0.15, -0.1) is 0 Å². The van der Waals surface area contributed by atoms with Crippen molar-refractivity contribution in [2.45, 2.75) is 46.2 Å². The molecular weight excluding hydrogens is 255 g/mol. The maximum atomic E-state index is 13.4. The van der Waals surface area contributed by atoms with Crippen LogP contribution in [-0.2, 0) is 17.9 Å². The van der Waals surface area contributed by atoms with E-state index in [0.29, 0.717) is 18.5 Å². The number of nitrogens with zero attached hydrogens (tertiary/aromatic N) is 1. The van der Waals surface area contributed by atoms with Gasteiger partial charge in [-0.1, -0.05) is 19.9 Å². The van der Waals surface area contributed by atoms with Gasteiger partial charge in [0.1, 0.15) is 5.82 Å². The lowest BCUT2D eigenvalue weighted by Gasteiger charge is -2.23. The third-order valence-electron chi connectivity index (χ3n) is 4.13. The minimum atomic E-state index is -0.278. The van der Waals surface area contributed by atoms with E-state index in [1.807, 2.05) is 4.90 Å². The van der Waals surface area contributed by atoms with E-state index in [-0.39, 0.29) is 23.7 Å². The Labute approximate surface area is 120 Å². The molecule has 1 fully saturated rings. The van der Waals surface area contributed by atoms with Gasteiger partial charge in [-0.3, -0.25) is 4.79 Å². The summed E-state index contributed by atoms with van der Waals surface area (Å²) in [5.41, 5.74) is 7.19. The van der Waals surface area contributed by atoms with Crippen molar-refractivity contribution in [3.63, 3.8) is 0 Å². The summed E-state index contributed by atoms with van der Waals surface area (Å²) < 4.78 is 13.4. The van der Waals surface area contributed by atoms with E-state index >= 15 is 0 Å². The lowest BCUT2D eigenvalue weighted by molar-refractivity contribution is -0.131. The fraction of sp³-hybridized carbons (Fsp3) is 0.562. The molecule has 0 atom stereocenters. The first kappa shape index (κ1) is 15.0. The van der Waals surface area contributed by atoms with E-state index in [9.17, 15) is 9.18 Å². The summed E-state index contributed by atoms with van der Waals surface area (Å²) >= 11 is 0. The molecule has 1 aliphatic heterocycles. The van der Waals surface area contributed by atoms with Crippen LogP contribution in [0, 0.1) is 11.2 Å². The number of nitrogens with two attached hydrogens (primary N) is 1. The second-order valence-corrected chi connectivity index (χ2v) is 6.36. The van der Waals surface area contributed by atoms with Gasteiger partial charge in [0.2, 0.25) is 5.91 Å². The van der Waals surface area contributed by atoms with Gasteiger partial charge in [-0.05, 0) is 36.0 Å². The maximum Gasteiger partial charge on any atom is 0.222 e. The minimum Gasteiger partial charge on any atom is -0.338 e. The maximum absolute atomic E-state index is 13.4. The highest BCUT2D eigenvalue weighted by molar-refractivity contribution is 5.76. The van der Waals surface area contributed by atoms with Crippen LogP contribution in [0.3, 0.4) is 0 Å². The quantitative estimate of drug-likeness (QED) is 0.924. The predicted octanol–water partition coefficient (Wildman–Crippen LogP) is 2.82. The standard InChI is InChI=1S/C16H23FN2O/c1-16(2)6-5-15(20)19(8-7-16)11-12-3-4-14(17)13(9-12)10-18/h3-4,9H,5-8,10-11,18H2,1-2H3. The van der Waals surface area contributed by atoms with Gasteiger partial charge in [-0.2, -0.15) is 0 Å². The highest BCUT2D eigenvalue weighted by atomic mass is 19.1. The lowest BCUT2D eigenvalue weighted by Crippen LogP contribution is -2.30. The molecule has 1 aromatic carbocycles. The summed E-state index contributed by atoms with van der Waals surface area (Å²) in [5.74, 6) is -0.0891. The van der Waals surface area contributed by atoms with Crippen LogP contribution in [0.5, 0.6) is 0 Å². The molecule has 1 amide bonds. The molecule has 110 valence electrons. The number of likely N-dealkylation sites (tertiary alicyclic amines) is 1. The Hall–Kier alpha value is -1.42. The average Bonchev–Trinajstić information content (AvgIpc) is 2.54. The van der Waals surface area contributed by atoms with Crippen LogP contribution in [0.2, 0.25) is 0 Å². The zero-order valence-corrected chi connectivity index (χ0v) is 12.3. The first-order valence-corrected chi connectivity index (χ1v) is 7.16. The van der Waals surface area contributed by atoms with Crippen molar-refractivity contribution < 1.29 is 9.18 Å². The van der Waals surface area contributed by atoms with Crippen molar-refractivity contribution in [3.8, 4) is 0 Å². The summed E-state index contributed by atoms with van der Waals surface area (Å²) in [4.78, 5) is 14.0. The molecule has 0 unspecified atom stereocenters. The molecule has 0 saturated carbocycles. The number of carbonyl (C=O) groups is 1. The van der Waals surface area contributed by atoms with Crippen LogP contribution >= 0.6 is 0 Å². The Morgan fingerprint density at radius 1 is 1.35 bits per heavy atom. The van der Waals surface area contributed by atoms with E-state index in [1.54, 1.807) is 12.1 Å². The van der Waals surface area contributed by atoms with E-state index in [2.05, 4.69) is 13.8 Å². The van der Waals surface area contributed by atoms with E-state index in [0.717, 1.165) is 24.9 Å². The van der Waals surface area contributed by atoms with Crippen molar-refractivity contribution in [1.29, 1.82) is 0 Å². The van der Waals surface area contributed by atoms with Crippen molar-refractivity contribution in [2.75, 3.05) is 6.54 Å². The van der Waals surface area contributed by atoms with Crippen LogP contribution < -0.4 is 5.73 Å². The third kappa shape index (κ3) is 3.57. The molecule has 1 aromatic rings. The number of hydrogen-bond acceptors (Lipinski definition) is 2. The minimum absolute atomic E-state index is 0.181. The van der Waals surface area contributed by atoms with Gasteiger partial charge in [0.05, 0.1) is 0 Å².